The van der Waals surface area contributed by atoms with Crippen LogP contribution in [0.2, 0.25) is 0 Å². The second kappa shape index (κ2) is 6.75. The minimum absolute atomic E-state index is 0.0632. The molecule has 0 aliphatic heterocycles. The van der Waals surface area contributed by atoms with Crippen LogP contribution >= 0.6 is 0 Å². The lowest BCUT2D eigenvalue weighted by atomic mass is 10.1. The van der Waals surface area contributed by atoms with E-state index in [1.807, 2.05) is 31.2 Å². The molecule has 0 fully saturated rings. The Labute approximate surface area is 109 Å². The van der Waals surface area contributed by atoms with Gasteiger partial charge in [0.25, 0.3) is 0 Å². The normalized spacial score (nSPS) is 13.3. The Kier molecular flexibility index (Phi) is 5.62. The molecule has 102 valence electrons. The Hall–Kier alpha value is -1.07. The molecule has 1 atom stereocenters. The standard InChI is InChI=1S/C13H21NO3S/c1-4-18(15,16)10-9-14-11(2)12-7-5-6-8-13(12)17-3/h5-8,11,14H,4,9-10H2,1-3H3. The average molecular weight is 271 g/mol. The summed E-state index contributed by atoms with van der Waals surface area (Å²) in [6, 6.07) is 7.80. The molecule has 18 heavy (non-hydrogen) atoms. The Morgan fingerprint density at radius 1 is 1.33 bits per heavy atom. The Bertz CT molecular complexity index is 471. The van der Waals surface area contributed by atoms with Crippen molar-refractivity contribution in [3.8, 4) is 5.75 Å². The van der Waals surface area contributed by atoms with Gasteiger partial charge in [-0.2, -0.15) is 0 Å². The molecule has 1 unspecified atom stereocenters. The quantitative estimate of drug-likeness (QED) is 0.821. The average Bonchev–Trinajstić information content (AvgIpc) is 2.38. The van der Waals surface area contributed by atoms with Gasteiger partial charge in [-0.25, -0.2) is 8.42 Å². The summed E-state index contributed by atoms with van der Waals surface area (Å²) >= 11 is 0. The van der Waals surface area contributed by atoms with E-state index in [1.165, 1.54) is 0 Å². The van der Waals surface area contributed by atoms with Crippen LogP contribution in [0.5, 0.6) is 5.75 Å². The third-order valence-corrected chi connectivity index (χ3v) is 4.61. The zero-order valence-electron chi connectivity index (χ0n) is 11.1. The fourth-order valence-electron chi connectivity index (χ4n) is 1.71. The summed E-state index contributed by atoms with van der Waals surface area (Å²) in [4.78, 5) is 0. The lowest BCUT2D eigenvalue weighted by molar-refractivity contribution is 0.402. The number of nitrogens with one attached hydrogen (secondary N) is 1. The molecule has 0 spiro atoms. The van der Waals surface area contributed by atoms with Gasteiger partial charge in [-0.1, -0.05) is 25.1 Å². The highest BCUT2D eigenvalue weighted by molar-refractivity contribution is 7.91. The topological polar surface area (TPSA) is 55.4 Å². The fraction of sp³-hybridized carbons (Fsp3) is 0.538. The maximum atomic E-state index is 11.4. The highest BCUT2D eigenvalue weighted by atomic mass is 32.2. The Morgan fingerprint density at radius 3 is 2.61 bits per heavy atom. The molecular weight excluding hydrogens is 250 g/mol. The third kappa shape index (κ3) is 4.31. The van der Waals surface area contributed by atoms with Gasteiger partial charge in [0.2, 0.25) is 0 Å². The van der Waals surface area contributed by atoms with E-state index < -0.39 is 9.84 Å². The van der Waals surface area contributed by atoms with Crippen LogP contribution in [0.3, 0.4) is 0 Å². The van der Waals surface area contributed by atoms with Gasteiger partial charge in [0.05, 0.1) is 12.9 Å². The molecular formula is C13H21NO3S. The number of hydrogen-bond acceptors (Lipinski definition) is 4. The van der Waals surface area contributed by atoms with Crippen molar-refractivity contribution in [2.24, 2.45) is 0 Å². The lowest BCUT2D eigenvalue weighted by Gasteiger charge is -2.17. The summed E-state index contributed by atoms with van der Waals surface area (Å²) in [6.45, 7) is 4.12. The summed E-state index contributed by atoms with van der Waals surface area (Å²) in [5.41, 5.74) is 1.04. The Balaban J connectivity index is 2.58. The van der Waals surface area contributed by atoms with Crippen molar-refractivity contribution in [3.63, 3.8) is 0 Å². The lowest BCUT2D eigenvalue weighted by Crippen LogP contribution is -2.26. The summed E-state index contributed by atoms with van der Waals surface area (Å²) in [7, 11) is -1.27. The van der Waals surface area contributed by atoms with Crippen LogP contribution in [0.1, 0.15) is 25.5 Å². The molecule has 0 radical (unpaired) electrons. The smallest absolute Gasteiger partial charge is 0.151 e. The third-order valence-electron chi connectivity index (χ3n) is 2.91. The first-order valence-electron chi connectivity index (χ1n) is 6.07. The molecule has 4 nitrogen and oxygen atoms in total. The number of ether oxygens (including phenoxy) is 1. The van der Waals surface area contributed by atoms with Gasteiger partial charge in [0, 0.05) is 23.9 Å². The minimum Gasteiger partial charge on any atom is -0.496 e. The second-order valence-electron chi connectivity index (χ2n) is 4.15. The van der Waals surface area contributed by atoms with E-state index in [2.05, 4.69) is 5.32 Å². The second-order valence-corrected chi connectivity index (χ2v) is 6.63. The van der Waals surface area contributed by atoms with Crippen LogP contribution in [0, 0.1) is 0 Å². The molecule has 0 bridgehead atoms. The predicted octanol–water partition coefficient (Wildman–Crippen LogP) is 1.78. The molecule has 1 aromatic rings. The number of methoxy groups -OCH3 is 1. The van der Waals surface area contributed by atoms with Crippen molar-refractivity contribution in [2.75, 3.05) is 25.2 Å². The molecule has 0 heterocycles. The van der Waals surface area contributed by atoms with E-state index in [0.29, 0.717) is 6.54 Å². The van der Waals surface area contributed by atoms with E-state index in [0.717, 1.165) is 11.3 Å². The van der Waals surface area contributed by atoms with Gasteiger partial charge in [-0.15, -0.1) is 0 Å². The van der Waals surface area contributed by atoms with Crippen molar-refractivity contribution >= 4 is 9.84 Å². The zero-order chi connectivity index (χ0) is 13.6. The van der Waals surface area contributed by atoms with Gasteiger partial charge >= 0.3 is 0 Å². The summed E-state index contributed by atoms with van der Waals surface area (Å²) in [5.74, 6) is 1.18. The molecule has 5 heteroatoms. The SMILES string of the molecule is CCS(=O)(=O)CCNC(C)c1ccccc1OC. The molecule has 0 amide bonds. The highest BCUT2D eigenvalue weighted by Crippen LogP contribution is 2.23. The van der Waals surface area contributed by atoms with E-state index in [-0.39, 0.29) is 17.5 Å². The molecule has 0 aromatic heterocycles. The first kappa shape index (κ1) is 15.0. The largest absolute Gasteiger partial charge is 0.496 e. The predicted molar refractivity (Wildman–Crippen MR) is 73.7 cm³/mol. The molecule has 1 rings (SSSR count). The molecule has 1 aromatic carbocycles. The first-order valence-corrected chi connectivity index (χ1v) is 7.89. The summed E-state index contributed by atoms with van der Waals surface area (Å²) in [5, 5.41) is 3.20. The van der Waals surface area contributed by atoms with Crippen molar-refractivity contribution in [1.29, 1.82) is 0 Å². The van der Waals surface area contributed by atoms with Gasteiger partial charge in [0.1, 0.15) is 5.75 Å². The first-order chi connectivity index (χ1) is 8.50. The van der Waals surface area contributed by atoms with Gasteiger partial charge in [-0.05, 0) is 13.0 Å². The zero-order valence-corrected chi connectivity index (χ0v) is 12.0. The number of rotatable bonds is 7. The van der Waals surface area contributed by atoms with Crippen molar-refractivity contribution < 1.29 is 13.2 Å². The molecule has 0 aliphatic carbocycles. The van der Waals surface area contributed by atoms with E-state index in [4.69, 9.17) is 4.74 Å². The number of hydrogen-bond donors (Lipinski definition) is 1. The van der Waals surface area contributed by atoms with Gasteiger partial charge in [-0.3, -0.25) is 0 Å². The van der Waals surface area contributed by atoms with Crippen LogP contribution in [0.25, 0.3) is 0 Å². The number of benzene rings is 1. The van der Waals surface area contributed by atoms with Gasteiger partial charge < -0.3 is 10.1 Å². The van der Waals surface area contributed by atoms with Crippen LogP contribution in [-0.2, 0) is 9.84 Å². The molecule has 0 aliphatic rings. The van der Waals surface area contributed by atoms with Crippen molar-refractivity contribution in [2.45, 2.75) is 19.9 Å². The van der Waals surface area contributed by atoms with Crippen LogP contribution < -0.4 is 10.1 Å². The van der Waals surface area contributed by atoms with Crippen LogP contribution in [0.15, 0.2) is 24.3 Å². The van der Waals surface area contributed by atoms with E-state index in [1.54, 1.807) is 14.0 Å². The Morgan fingerprint density at radius 2 is 2.00 bits per heavy atom. The summed E-state index contributed by atoms with van der Waals surface area (Å²) in [6.07, 6.45) is 0. The van der Waals surface area contributed by atoms with Gasteiger partial charge in [0.15, 0.2) is 9.84 Å². The summed E-state index contributed by atoms with van der Waals surface area (Å²) < 4.78 is 28.0. The molecule has 0 saturated heterocycles. The van der Waals surface area contributed by atoms with Crippen LogP contribution in [0.4, 0.5) is 0 Å². The minimum atomic E-state index is -2.91. The van der Waals surface area contributed by atoms with E-state index >= 15 is 0 Å². The van der Waals surface area contributed by atoms with E-state index in [9.17, 15) is 8.42 Å². The maximum absolute atomic E-state index is 11.4. The van der Waals surface area contributed by atoms with Crippen molar-refractivity contribution in [3.05, 3.63) is 29.8 Å². The highest BCUT2D eigenvalue weighted by Gasteiger charge is 2.12. The van der Waals surface area contributed by atoms with Crippen LogP contribution in [-0.4, -0.2) is 33.6 Å². The maximum Gasteiger partial charge on any atom is 0.151 e. The molecule has 1 N–H and O–H groups in total. The van der Waals surface area contributed by atoms with Crippen molar-refractivity contribution in [1.82, 2.24) is 5.32 Å². The number of para-hydroxylation sites is 1. The number of sulfone groups is 1. The molecule has 0 saturated carbocycles. The monoisotopic (exact) mass is 271 g/mol. The fourth-order valence-corrected chi connectivity index (χ4v) is 2.43.